The molecule has 1 fully saturated rings. The molecule has 1 saturated heterocycles. The Morgan fingerprint density at radius 2 is 1.81 bits per heavy atom. The molecule has 0 spiro atoms. The van der Waals surface area contributed by atoms with Gasteiger partial charge in [-0.05, 0) is 47.4 Å². The Hall–Kier alpha value is -2.54. The number of benzene rings is 2. The molecule has 1 N–H and O–H groups in total. The first-order valence-electron chi connectivity index (χ1n) is 10.1. The summed E-state index contributed by atoms with van der Waals surface area (Å²) in [6, 6.07) is 9.22. The first-order valence-corrected chi connectivity index (χ1v) is 10.9. The summed E-state index contributed by atoms with van der Waals surface area (Å²) in [6.07, 6.45) is 0. The first-order chi connectivity index (χ1) is 15.2. The molecule has 1 aliphatic heterocycles. The normalized spacial score (nSPS) is 18.0. The highest BCUT2D eigenvalue weighted by molar-refractivity contribution is 6.46. The maximum atomic E-state index is 13.0. The Bertz CT molecular complexity index is 1080. The van der Waals surface area contributed by atoms with E-state index in [1.165, 1.54) is 12.0 Å². The number of Topliss-reactive ketones (excluding diaryl/α,β-unsaturated/α-hetero) is 1. The van der Waals surface area contributed by atoms with Crippen molar-refractivity contribution >= 4 is 40.7 Å². The average Bonchev–Trinajstić information content (AvgIpc) is 3.03. The van der Waals surface area contributed by atoms with Crippen LogP contribution in [0.5, 0.6) is 5.75 Å². The molecular weight excluding hydrogens is 453 g/mol. The van der Waals surface area contributed by atoms with Crippen molar-refractivity contribution in [2.24, 2.45) is 0 Å². The summed E-state index contributed by atoms with van der Waals surface area (Å²) >= 11 is 12.3. The van der Waals surface area contributed by atoms with Crippen molar-refractivity contribution in [2.75, 3.05) is 27.4 Å². The Morgan fingerprint density at radius 3 is 2.41 bits per heavy atom. The molecule has 0 bridgehead atoms. The van der Waals surface area contributed by atoms with Crippen LogP contribution in [0.1, 0.15) is 42.5 Å². The molecule has 0 aromatic heterocycles. The standard InChI is InChI=1S/C24H25Cl2NO5/c1-13(2)16-11-15(6-8-19(16)32-4)22(28)20-21(14-5-7-17(25)18(26)12-14)27(9-10-31-3)24(30)23(20)29/h5-8,11-13,21,28H,9-10H2,1-4H3/b22-20-. The number of methoxy groups -OCH3 is 2. The Morgan fingerprint density at radius 1 is 1.09 bits per heavy atom. The number of aliphatic hydroxyl groups excluding tert-OH is 1. The predicted molar refractivity (Wildman–Crippen MR) is 124 cm³/mol. The van der Waals surface area contributed by atoms with Crippen molar-refractivity contribution in [2.45, 2.75) is 25.8 Å². The van der Waals surface area contributed by atoms with Crippen LogP contribution in [0, 0.1) is 0 Å². The summed E-state index contributed by atoms with van der Waals surface area (Å²) in [5.41, 5.74) is 1.85. The van der Waals surface area contributed by atoms with Crippen LogP contribution in [-0.4, -0.2) is 49.1 Å². The Kier molecular flexibility index (Phi) is 7.49. The van der Waals surface area contributed by atoms with E-state index >= 15 is 0 Å². The quantitative estimate of drug-likeness (QED) is 0.337. The van der Waals surface area contributed by atoms with Gasteiger partial charge in [0.2, 0.25) is 0 Å². The lowest BCUT2D eigenvalue weighted by molar-refractivity contribution is -0.140. The lowest BCUT2D eigenvalue weighted by Crippen LogP contribution is -2.32. The van der Waals surface area contributed by atoms with Crippen LogP contribution in [0.25, 0.3) is 5.76 Å². The maximum Gasteiger partial charge on any atom is 0.295 e. The summed E-state index contributed by atoms with van der Waals surface area (Å²) in [5, 5.41) is 11.9. The maximum absolute atomic E-state index is 13.0. The fourth-order valence-corrected chi connectivity index (χ4v) is 4.12. The molecule has 0 saturated carbocycles. The van der Waals surface area contributed by atoms with Crippen molar-refractivity contribution in [1.29, 1.82) is 0 Å². The smallest absolute Gasteiger partial charge is 0.295 e. The van der Waals surface area contributed by atoms with Crippen LogP contribution in [0.2, 0.25) is 10.0 Å². The summed E-state index contributed by atoms with van der Waals surface area (Å²) in [5.74, 6) is -0.941. The number of halogens is 2. The van der Waals surface area contributed by atoms with Crippen LogP contribution >= 0.6 is 23.2 Å². The van der Waals surface area contributed by atoms with Gasteiger partial charge in [0.15, 0.2) is 0 Å². The number of likely N-dealkylation sites (tertiary alicyclic amines) is 1. The molecule has 170 valence electrons. The Labute approximate surface area is 197 Å². The molecule has 2 aromatic carbocycles. The molecule has 1 atom stereocenters. The SMILES string of the molecule is COCCN1C(=O)C(=O)/C(=C(\O)c2ccc(OC)c(C(C)C)c2)C1c1ccc(Cl)c(Cl)c1. The zero-order valence-corrected chi connectivity index (χ0v) is 19.8. The highest BCUT2D eigenvalue weighted by Gasteiger charge is 2.46. The highest BCUT2D eigenvalue weighted by Crippen LogP contribution is 2.41. The average molecular weight is 478 g/mol. The number of hydrogen-bond donors (Lipinski definition) is 1. The third-order valence-electron chi connectivity index (χ3n) is 5.46. The lowest BCUT2D eigenvalue weighted by atomic mass is 9.93. The van der Waals surface area contributed by atoms with Gasteiger partial charge in [-0.3, -0.25) is 9.59 Å². The van der Waals surface area contributed by atoms with E-state index in [9.17, 15) is 14.7 Å². The van der Waals surface area contributed by atoms with Gasteiger partial charge in [0, 0.05) is 19.2 Å². The van der Waals surface area contributed by atoms with E-state index in [1.807, 2.05) is 13.8 Å². The van der Waals surface area contributed by atoms with Crippen molar-refractivity contribution in [3.8, 4) is 5.75 Å². The first kappa shape index (κ1) is 24.1. The number of amides is 1. The molecule has 1 amide bonds. The minimum atomic E-state index is -0.829. The summed E-state index contributed by atoms with van der Waals surface area (Å²) in [6.45, 7) is 4.40. The van der Waals surface area contributed by atoms with E-state index in [0.29, 0.717) is 21.9 Å². The topological polar surface area (TPSA) is 76.1 Å². The van der Waals surface area contributed by atoms with Gasteiger partial charge in [-0.2, -0.15) is 0 Å². The van der Waals surface area contributed by atoms with Gasteiger partial charge in [0.1, 0.15) is 11.5 Å². The number of ether oxygens (including phenoxy) is 2. The molecule has 32 heavy (non-hydrogen) atoms. The van der Waals surface area contributed by atoms with Gasteiger partial charge in [-0.25, -0.2) is 0 Å². The summed E-state index contributed by atoms with van der Waals surface area (Å²) in [7, 11) is 3.09. The molecular formula is C24H25Cl2NO5. The van der Waals surface area contributed by atoms with Crippen LogP contribution in [-0.2, 0) is 14.3 Å². The second kappa shape index (κ2) is 9.94. The number of aliphatic hydroxyl groups is 1. The number of rotatable bonds is 7. The zero-order chi connectivity index (χ0) is 23.6. The predicted octanol–water partition coefficient (Wildman–Crippen LogP) is 5.19. The molecule has 3 rings (SSSR count). The van der Waals surface area contributed by atoms with Crippen LogP contribution < -0.4 is 4.74 Å². The van der Waals surface area contributed by atoms with E-state index in [2.05, 4.69) is 0 Å². The molecule has 8 heteroatoms. The summed E-state index contributed by atoms with van der Waals surface area (Å²) in [4.78, 5) is 27.3. The zero-order valence-electron chi connectivity index (χ0n) is 18.3. The van der Waals surface area contributed by atoms with Gasteiger partial charge in [-0.1, -0.05) is 43.1 Å². The van der Waals surface area contributed by atoms with Crippen molar-refractivity contribution in [3.63, 3.8) is 0 Å². The molecule has 1 heterocycles. The number of carbonyl (C=O) groups is 2. The molecule has 1 aliphatic rings. The number of ketones is 1. The lowest BCUT2D eigenvalue weighted by Gasteiger charge is -2.25. The largest absolute Gasteiger partial charge is 0.507 e. The van der Waals surface area contributed by atoms with Gasteiger partial charge < -0.3 is 19.5 Å². The minimum Gasteiger partial charge on any atom is -0.507 e. The molecule has 2 aromatic rings. The van der Waals surface area contributed by atoms with Crippen LogP contribution in [0.4, 0.5) is 0 Å². The van der Waals surface area contributed by atoms with E-state index in [1.54, 1.807) is 43.5 Å². The molecule has 0 aliphatic carbocycles. The van der Waals surface area contributed by atoms with Crippen molar-refractivity contribution < 1.29 is 24.2 Å². The fraction of sp³-hybridized carbons (Fsp3) is 0.333. The number of nitrogens with zero attached hydrogens (tertiary/aromatic N) is 1. The molecule has 0 radical (unpaired) electrons. The summed E-state index contributed by atoms with van der Waals surface area (Å²) < 4.78 is 10.5. The fourth-order valence-electron chi connectivity index (χ4n) is 3.82. The molecule has 1 unspecified atom stereocenters. The second-order valence-corrected chi connectivity index (χ2v) is 8.58. The third-order valence-corrected chi connectivity index (χ3v) is 6.20. The van der Waals surface area contributed by atoms with E-state index < -0.39 is 17.7 Å². The van der Waals surface area contributed by atoms with Crippen LogP contribution in [0.3, 0.4) is 0 Å². The van der Waals surface area contributed by atoms with Gasteiger partial charge in [0.05, 0.1) is 35.4 Å². The van der Waals surface area contributed by atoms with E-state index in [4.69, 9.17) is 32.7 Å². The van der Waals surface area contributed by atoms with Crippen LogP contribution in [0.15, 0.2) is 42.0 Å². The van der Waals surface area contributed by atoms with Gasteiger partial charge >= 0.3 is 0 Å². The second-order valence-electron chi connectivity index (χ2n) is 7.77. The monoisotopic (exact) mass is 477 g/mol. The van der Waals surface area contributed by atoms with Gasteiger partial charge in [0.25, 0.3) is 11.7 Å². The van der Waals surface area contributed by atoms with E-state index in [0.717, 1.165) is 5.56 Å². The van der Waals surface area contributed by atoms with Gasteiger partial charge in [-0.15, -0.1) is 0 Å². The Balaban J connectivity index is 2.21. The minimum absolute atomic E-state index is 0.00985. The number of hydrogen-bond acceptors (Lipinski definition) is 5. The number of carbonyl (C=O) groups excluding carboxylic acids is 2. The van der Waals surface area contributed by atoms with Crippen molar-refractivity contribution in [1.82, 2.24) is 4.90 Å². The molecule has 6 nitrogen and oxygen atoms in total. The third kappa shape index (κ3) is 4.49. The highest BCUT2D eigenvalue weighted by atomic mass is 35.5. The van der Waals surface area contributed by atoms with E-state index in [-0.39, 0.29) is 35.4 Å². The van der Waals surface area contributed by atoms with Crippen molar-refractivity contribution in [3.05, 3.63) is 68.7 Å².